The van der Waals surface area contributed by atoms with Crippen LogP contribution in [-0.4, -0.2) is 41.0 Å². The molecule has 2 aromatic heterocycles. The first-order chi connectivity index (χ1) is 11.0. The molecule has 120 valence electrons. The van der Waals surface area contributed by atoms with Gasteiger partial charge in [0.15, 0.2) is 5.82 Å². The van der Waals surface area contributed by atoms with E-state index in [4.69, 9.17) is 9.97 Å². The predicted molar refractivity (Wildman–Crippen MR) is 99.1 cm³/mol. The summed E-state index contributed by atoms with van der Waals surface area (Å²) in [6.07, 6.45) is 0. The molecule has 0 atom stereocenters. The molecule has 0 aliphatic heterocycles. The number of nitrogens with zero attached hydrogens (tertiary/aromatic N) is 3. The molecule has 0 fully saturated rings. The number of aromatic nitrogens is 2. The van der Waals surface area contributed by atoms with Gasteiger partial charge in [-0.25, -0.2) is 9.97 Å². The Labute approximate surface area is 141 Å². The van der Waals surface area contributed by atoms with Gasteiger partial charge in [-0.2, -0.15) is 0 Å². The number of hydrogen-bond acceptors (Lipinski definition) is 5. The van der Waals surface area contributed by atoms with E-state index >= 15 is 0 Å². The smallest absolute Gasteiger partial charge is 0.172 e. The minimum Gasteiger partial charge on any atom is -0.368 e. The van der Waals surface area contributed by atoms with E-state index in [1.54, 1.807) is 11.3 Å². The molecule has 23 heavy (non-hydrogen) atoms. The Balaban J connectivity index is 2.01. The summed E-state index contributed by atoms with van der Waals surface area (Å²) in [6, 6.07) is 12.2. The zero-order chi connectivity index (χ0) is 16.4. The van der Waals surface area contributed by atoms with Crippen molar-refractivity contribution in [3.8, 4) is 10.7 Å². The molecule has 0 spiro atoms. The van der Waals surface area contributed by atoms with Crippen LogP contribution >= 0.6 is 11.3 Å². The molecule has 3 aromatic rings. The second kappa shape index (κ2) is 6.26. The van der Waals surface area contributed by atoms with Crippen LogP contribution in [0.25, 0.3) is 21.6 Å². The highest BCUT2D eigenvalue weighted by atomic mass is 32.1. The van der Waals surface area contributed by atoms with Crippen molar-refractivity contribution in [2.75, 3.05) is 26.0 Å². The zero-order valence-corrected chi connectivity index (χ0v) is 14.8. The summed E-state index contributed by atoms with van der Waals surface area (Å²) in [5.41, 5.74) is 1.01. The van der Waals surface area contributed by atoms with Gasteiger partial charge in [0.2, 0.25) is 0 Å². The Morgan fingerprint density at radius 2 is 1.87 bits per heavy atom. The SMILES string of the molecule is CN(C)C(C)(C)CNc1nc(-c2cccs2)nc2ccccc12. The van der Waals surface area contributed by atoms with E-state index in [0.29, 0.717) is 0 Å². The van der Waals surface area contributed by atoms with Gasteiger partial charge in [0.25, 0.3) is 0 Å². The number of thiophene rings is 1. The van der Waals surface area contributed by atoms with Crippen LogP contribution in [0.2, 0.25) is 0 Å². The van der Waals surface area contributed by atoms with E-state index in [2.05, 4.69) is 55.7 Å². The lowest BCUT2D eigenvalue weighted by Gasteiger charge is -2.33. The number of hydrogen-bond donors (Lipinski definition) is 1. The van der Waals surface area contributed by atoms with Crippen LogP contribution in [0.1, 0.15) is 13.8 Å². The number of fused-ring (bicyclic) bond motifs is 1. The lowest BCUT2D eigenvalue weighted by molar-refractivity contribution is 0.210. The Kier molecular flexibility index (Phi) is 4.33. The van der Waals surface area contributed by atoms with Crippen molar-refractivity contribution >= 4 is 28.1 Å². The van der Waals surface area contributed by atoms with Crippen LogP contribution < -0.4 is 5.32 Å². The Bertz CT molecular complexity index is 794. The van der Waals surface area contributed by atoms with Crippen LogP contribution in [0.5, 0.6) is 0 Å². The molecule has 0 saturated carbocycles. The molecule has 1 aromatic carbocycles. The highest BCUT2D eigenvalue weighted by Gasteiger charge is 2.21. The van der Waals surface area contributed by atoms with Crippen LogP contribution in [-0.2, 0) is 0 Å². The molecule has 0 bridgehead atoms. The van der Waals surface area contributed by atoms with Gasteiger partial charge < -0.3 is 10.2 Å². The summed E-state index contributed by atoms with van der Waals surface area (Å²) in [6.45, 7) is 5.23. The summed E-state index contributed by atoms with van der Waals surface area (Å²) < 4.78 is 0. The summed E-state index contributed by atoms with van der Waals surface area (Å²) in [5, 5.41) is 6.63. The summed E-state index contributed by atoms with van der Waals surface area (Å²) in [4.78, 5) is 12.8. The number of anilines is 1. The minimum atomic E-state index is 0.0369. The van der Waals surface area contributed by atoms with Crippen molar-refractivity contribution < 1.29 is 0 Å². The molecule has 1 N–H and O–H groups in total. The standard InChI is InChI=1S/C18H22N4S/c1-18(2,22(3)4)12-19-16-13-8-5-6-9-14(13)20-17(21-16)15-10-7-11-23-15/h5-11H,12H2,1-4H3,(H,19,20,21). The molecule has 0 unspecified atom stereocenters. The summed E-state index contributed by atoms with van der Waals surface area (Å²) in [7, 11) is 4.19. The third kappa shape index (κ3) is 3.35. The highest BCUT2D eigenvalue weighted by molar-refractivity contribution is 7.13. The van der Waals surface area contributed by atoms with E-state index in [1.165, 1.54) is 0 Å². The van der Waals surface area contributed by atoms with Gasteiger partial charge in [-0.1, -0.05) is 18.2 Å². The van der Waals surface area contributed by atoms with Gasteiger partial charge in [-0.05, 0) is 51.5 Å². The first-order valence-corrected chi connectivity index (χ1v) is 8.57. The summed E-state index contributed by atoms with van der Waals surface area (Å²) >= 11 is 1.66. The van der Waals surface area contributed by atoms with Gasteiger partial charge in [0.1, 0.15) is 5.82 Å². The fourth-order valence-corrected chi connectivity index (χ4v) is 2.84. The number of para-hydroxylation sites is 1. The molecular formula is C18H22N4S. The number of benzene rings is 1. The molecule has 0 amide bonds. The predicted octanol–water partition coefficient (Wildman–Crippen LogP) is 4.11. The van der Waals surface area contributed by atoms with Gasteiger partial charge in [-0.15, -0.1) is 11.3 Å². The molecule has 0 aliphatic rings. The van der Waals surface area contributed by atoms with Crippen LogP contribution in [0.4, 0.5) is 5.82 Å². The quantitative estimate of drug-likeness (QED) is 0.766. The second-order valence-corrected chi connectivity index (χ2v) is 7.40. The number of rotatable bonds is 5. The average Bonchev–Trinajstić information content (AvgIpc) is 3.06. The van der Waals surface area contributed by atoms with E-state index < -0.39 is 0 Å². The van der Waals surface area contributed by atoms with E-state index in [-0.39, 0.29) is 5.54 Å². The van der Waals surface area contributed by atoms with Crippen molar-refractivity contribution in [2.45, 2.75) is 19.4 Å². The van der Waals surface area contributed by atoms with E-state index in [1.807, 2.05) is 24.3 Å². The van der Waals surface area contributed by atoms with Crippen molar-refractivity contribution in [1.29, 1.82) is 0 Å². The van der Waals surface area contributed by atoms with Gasteiger partial charge in [-0.3, -0.25) is 0 Å². The zero-order valence-electron chi connectivity index (χ0n) is 14.0. The maximum absolute atomic E-state index is 4.78. The van der Waals surface area contributed by atoms with Crippen molar-refractivity contribution in [2.24, 2.45) is 0 Å². The molecule has 2 heterocycles. The molecule has 4 nitrogen and oxygen atoms in total. The largest absolute Gasteiger partial charge is 0.368 e. The normalized spacial score (nSPS) is 12.0. The lowest BCUT2D eigenvalue weighted by Crippen LogP contribution is -2.44. The molecule has 5 heteroatoms. The minimum absolute atomic E-state index is 0.0369. The topological polar surface area (TPSA) is 41.0 Å². The highest BCUT2D eigenvalue weighted by Crippen LogP contribution is 2.27. The number of likely N-dealkylation sites (N-methyl/N-ethyl adjacent to an activating group) is 1. The molecule has 3 rings (SSSR count). The fraction of sp³-hybridized carbons (Fsp3) is 0.333. The molecule has 0 radical (unpaired) electrons. The molecule has 0 aliphatic carbocycles. The van der Waals surface area contributed by atoms with Crippen molar-refractivity contribution in [3.63, 3.8) is 0 Å². The molecule has 0 saturated heterocycles. The number of nitrogens with one attached hydrogen (secondary N) is 1. The van der Waals surface area contributed by atoms with E-state index in [0.717, 1.165) is 34.0 Å². The third-order valence-electron chi connectivity index (χ3n) is 4.24. The first kappa shape index (κ1) is 15.9. The summed E-state index contributed by atoms with van der Waals surface area (Å²) in [5.74, 6) is 1.68. The van der Waals surface area contributed by atoms with Gasteiger partial charge >= 0.3 is 0 Å². The second-order valence-electron chi connectivity index (χ2n) is 6.45. The van der Waals surface area contributed by atoms with Gasteiger partial charge in [0.05, 0.1) is 10.4 Å². The van der Waals surface area contributed by atoms with Crippen LogP contribution in [0, 0.1) is 0 Å². The third-order valence-corrected chi connectivity index (χ3v) is 5.11. The van der Waals surface area contributed by atoms with Gasteiger partial charge in [0, 0.05) is 17.5 Å². The fourth-order valence-electron chi connectivity index (χ4n) is 2.19. The Morgan fingerprint density at radius 3 is 2.57 bits per heavy atom. The Morgan fingerprint density at radius 1 is 1.09 bits per heavy atom. The van der Waals surface area contributed by atoms with Crippen molar-refractivity contribution in [3.05, 3.63) is 41.8 Å². The average molecular weight is 326 g/mol. The van der Waals surface area contributed by atoms with Crippen LogP contribution in [0.3, 0.4) is 0 Å². The first-order valence-electron chi connectivity index (χ1n) is 7.69. The maximum Gasteiger partial charge on any atom is 0.172 e. The van der Waals surface area contributed by atoms with Crippen molar-refractivity contribution in [1.82, 2.24) is 14.9 Å². The van der Waals surface area contributed by atoms with E-state index in [9.17, 15) is 0 Å². The lowest BCUT2D eigenvalue weighted by atomic mass is 10.0. The molecular weight excluding hydrogens is 304 g/mol. The Hall–Kier alpha value is -1.98. The maximum atomic E-state index is 4.78. The van der Waals surface area contributed by atoms with Crippen LogP contribution in [0.15, 0.2) is 41.8 Å². The monoisotopic (exact) mass is 326 g/mol.